The largest absolute Gasteiger partial charge is 0.388 e. The number of hydrogen-bond acceptors (Lipinski definition) is 6. The lowest BCUT2D eigenvalue weighted by molar-refractivity contribution is -0.317. The van der Waals surface area contributed by atoms with Gasteiger partial charge in [-0.3, -0.25) is 4.79 Å². The Kier molecular flexibility index (Phi) is 7.99. The highest BCUT2D eigenvalue weighted by atomic mass is 16.7. The Balaban J connectivity index is 1.79. The molecule has 0 spiro atoms. The summed E-state index contributed by atoms with van der Waals surface area (Å²) >= 11 is 0. The van der Waals surface area contributed by atoms with Crippen LogP contribution < -0.4 is 0 Å². The average Bonchev–Trinajstić information content (AvgIpc) is 3.23. The van der Waals surface area contributed by atoms with Gasteiger partial charge >= 0.3 is 0 Å². The van der Waals surface area contributed by atoms with Crippen LogP contribution in [0.2, 0.25) is 0 Å². The zero-order valence-electron chi connectivity index (χ0n) is 23.1. The first kappa shape index (κ1) is 27.9. The second-order valence-corrected chi connectivity index (χ2v) is 10.1. The number of likely N-dealkylation sites (N-methyl/N-ethyl adjacent to an activating group) is 1. The Morgan fingerprint density at radius 1 is 0.775 bits per heavy atom. The fourth-order valence-corrected chi connectivity index (χ4v) is 5.92. The van der Waals surface area contributed by atoms with Gasteiger partial charge in [-0.25, -0.2) is 4.90 Å². The number of ether oxygens (including phenoxy) is 3. The van der Waals surface area contributed by atoms with Crippen molar-refractivity contribution in [1.29, 1.82) is 0 Å². The molecule has 2 unspecified atom stereocenters. The van der Waals surface area contributed by atoms with E-state index >= 15 is 0 Å². The number of hydrogen-bond donors (Lipinski definition) is 1. The lowest BCUT2D eigenvalue weighted by atomic mass is 9.79. The molecule has 4 aromatic rings. The molecule has 1 fully saturated rings. The maximum atomic E-state index is 14.6. The Morgan fingerprint density at radius 3 is 1.55 bits per heavy atom. The van der Waals surface area contributed by atoms with E-state index in [-0.39, 0.29) is 18.6 Å². The lowest BCUT2D eigenvalue weighted by Crippen LogP contribution is -2.65. The van der Waals surface area contributed by atoms with E-state index in [4.69, 9.17) is 14.2 Å². The number of nitrogens with zero attached hydrogens (tertiary/aromatic N) is 1. The topological polar surface area (TPSA) is 68.2 Å². The molecule has 5 rings (SSSR count). The average molecular weight is 538 g/mol. The summed E-state index contributed by atoms with van der Waals surface area (Å²) in [5, 5.41) is 11.9. The Hall–Kier alpha value is -3.65. The third kappa shape index (κ3) is 4.58. The molecule has 40 heavy (non-hydrogen) atoms. The van der Waals surface area contributed by atoms with Crippen LogP contribution in [0.3, 0.4) is 0 Å². The molecule has 2 atom stereocenters. The van der Waals surface area contributed by atoms with E-state index in [1.165, 1.54) is 14.2 Å². The number of Topliss-reactive ketones (excluding diaryl/α,β-unsaturated/α-hetero) is 1. The van der Waals surface area contributed by atoms with Gasteiger partial charge in [0.2, 0.25) is 11.6 Å². The first-order valence-electron chi connectivity index (χ1n) is 13.4. The van der Waals surface area contributed by atoms with E-state index in [2.05, 4.69) is 0 Å². The predicted octanol–water partition coefficient (Wildman–Crippen LogP) is 5.15. The lowest BCUT2D eigenvalue weighted by Gasteiger charge is -2.48. The van der Waals surface area contributed by atoms with Crippen LogP contribution in [-0.2, 0) is 31.0 Å². The van der Waals surface area contributed by atoms with Gasteiger partial charge in [0.15, 0.2) is 5.78 Å². The Bertz CT molecular complexity index is 1300. The number of carbonyl (C=O) groups excluding carboxylic acids is 1. The van der Waals surface area contributed by atoms with Crippen molar-refractivity contribution in [1.82, 2.24) is 4.90 Å². The molecule has 0 aliphatic carbocycles. The second kappa shape index (κ2) is 11.5. The van der Waals surface area contributed by atoms with Gasteiger partial charge in [0.05, 0.1) is 0 Å². The van der Waals surface area contributed by atoms with E-state index < -0.39 is 23.3 Å². The highest BCUT2D eigenvalue weighted by Crippen LogP contribution is 2.50. The van der Waals surface area contributed by atoms with E-state index in [1.807, 2.05) is 121 Å². The number of ketones is 1. The smallest absolute Gasteiger partial charge is 0.234 e. The number of aliphatic hydroxyl groups excluding tert-OH is 1. The summed E-state index contributed by atoms with van der Waals surface area (Å²) in [6, 6.07) is 38.9. The summed E-state index contributed by atoms with van der Waals surface area (Å²) in [7, 11) is 4.71. The zero-order chi connectivity index (χ0) is 28.2. The second-order valence-electron chi connectivity index (χ2n) is 10.1. The van der Waals surface area contributed by atoms with Crippen molar-refractivity contribution in [3.63, 3.8) is 0 Å². The quantitative estimate of drug-likeness (QED) is 0.223. The molecule has 206 valence electrons. The summed E-state index contributed by atoms with van der Waals surface area (Å²) in [4.78, 5) is 16.2. The molecule has 1 aliphatic rings. The predicted molar refractivity (Wildman–Crippen MR) is 153 cm³/mol. The highest BCUT2D eigenvalue weighted by Gasteiger charge is 2.67. The fourth-order valence-electron chi connectivity index (χ4n) is 5.92. The minimum Gasteiger partial charge on any atom is -0.388 e. The van der Waals surface area contributed by atoms with Gasteiger partial charge in [-0.1, -0.05) is 121 Å². The molecular formula is C34H35NO5. The SMILES string of the molecule is COC1(OC)CC(O)C(OC(c2ccccc2)(c2ccccc2)c2ccccc2)(C(=O)Cc2ccccc2)N1C. The van der Waals surface area contributed by atoms with E-state index in [0.29, 0.717) is 0 Å². The molecule has 1 saturated heterocycles. The van der Waals surface area contributed by atoms with E-state index in [0.717, 1.165) is 22.3 Å². The Labute approximate surface area is 235 Å². The van der Waals surface area contributed by atoms with Gasteiger partial charge < -0.3 is 19.3 Å². The van der Waals surface area contributed by atoms with Gasteiger partial charge in [0, 0.05) is 27.1 Å². The van der Waals surface area contributed by atoms with E-state index in [1.54, 1.807) is 11.9 Å². The molecule has 4 aromatic carbocycles. The molecule has 0 radical (unpaired) electrons. The molecule has 1 heterocycles. The summed E-state index contributed by atoms with van der Waals surface area (Å²) in [6.07, 6.45) is -1.23. The van der Waals surface area contributed by atoms with E-state index in [9.17, 15) is 9.90 Å². The summed E-state index contributed by atoms with van der Waals surface area (Å²) < 4.78 is 19.0. The van der Waals surface area contributed by atoms with Gasteiger partial charge in [-0.15, -0.1) is 0 Å². The van der Waals surface area contributed by atoms with Gasteiger partial charge in [-0.2, -0.15) is 0 Å². The van der Waals surface area contributed by atoms with Crippen LogP contribution in [0.5, 0.6) is 0 Å². The first-order chi connectivity index (χ1) is 19.4. The molecule has 1 N–H and O–H groups in total. The standard InChI is InChI=1S/C34H35NO5/c1-35-32(38-2,39-3)25-31(37)34(35,30(36)24-26-16-8-4-9-17-26)40-33(27-18-10-5-11-19-27,28-20-12-6-13-21-28)29-22-14-7-15-23-29/h4-23,31,37H,24-25H2,1-3H3. The third-order valence-corrected chi connectivity index (χ3v) is 8.01. The fraction of sp³-hybridized carbons (Fsp3) is 0.265. The normalized spacial score (nSPS) is 20.9. The number of aliphatic hydroxyl groups is 1. The van der Waals surface area contributed by atoms with Crippen LogP contribution in [0, 0.1) is 0 Å². The molecule has 0 bridgehead atoms. The number of benzene rings is 4. The van der Waals surface area contributed by atoms with Gasteiger partial charge in [0.1, 0.15) is 11.7 Å². The monoisotopic (exact) mass is 537 g/mol. The molecular weight excluding hydrogens is 502 g/mol. The summed E-state index contributed by atoms with van der Waals surface area (Å²) in [5.41, 5.74) is 0.131. The maximum Gasteiger partial charge on any atom is 0.234 e. The first-order valence-corrected chi connectivity index (χ1v) is 13.4. The number of rotatable bonds is 10. The third-order valence-electron chi connectivity index (χ3n) is 8.01. The van der Waals surface area contributed by atoms with Gasteiger partial charge in [0.25, 0.3) is 0 Å². The molecule has 1 aliphatic heterocycles. The summed E-state index contributed by atoms with van der Waals surface area (Å²) in [6.45, 7) is 0. The summed E-state index contributed by atoms with van der Waals surface area (Å²) in [5.74, 6) is -1.70. The molecule has 6 heteroatoms. The van der Waals surface area contributed by atoms with Crippen molar-refractivity contribution in [2.45, 2.75) is 36.2 Å². The van der Waals surface area contributed by atoms with Crippen LogP contribution in [0.4, 0.5) is 0 Å². The maximum absolute atomic E-state index is 14.6. The van der Waals surface area contributed by atoms with Crippen molar-refractivity contribution < 1.29 is 24.1 Å². The molecule has 0 saturated carbocycles. The van der Waals surface area contributed by atoms with Crippen molar-refractivity contribution >= 4 is 5.78 Å². The van der Waals surface area contributed by atoms with Crippen LogP contribution >= 0.6 is 0 Å². The van der Waals surface area contributed by atoms with Crippen LogP contribution in [0.25, 0.3) is 0 Å². The minimum absolute atomic E-state index is 0.00544. The van der Waals surface area contributed by atoms with Crippen molar-refractivity contribution in [2.24, 2.45) is 0 Å². The van der Waals surface area contributed by atoms with Crippen molar-refractivity contribution in [2.75, 3.05) is 21.3 Å². The number of methoxy groups -OCH3 is 2. The number of carbonyl (C=O) groups is 1. The van der Waals surface area contributed by atoms with Crippen LogP contribution in [-0.4, -0.2) is 54.8 Å². The zero-order valence-corrected chi connectivity index (χ0v) is 23.1. The van der Waals surface area contributed by atoms with Crippen molar-refractivity contribution in [3.8, 4) is 0 Å². The Morgan fingerprint density at radius 2 is 1.18 bits per heavy atom. The highest BCUT2D eigenvalue weighted by molar-refractivity contribution is 5.90. The minimum atomic E-state index is -1.84. The van der Waals surface area contributed by atoms with Crippen molar-refractivity contribution in [3.05, 3.63) is 144 Å². The van der Waals surface area contributed by atoms with Crippen LogP contribution in [0.15, 0.2) is 121 Å². The molecule has 0 aromatic heterocycles. The molecule has 6 nitrogen and oxygen atoms in total. The number of likely N-dealkylation sites (tertiary alicyclic amines) is 1. The molecule has 0 amide bonds. The van der Waals surface area contributed by atoms with Crippen LogP contribution in [0.1, 0.15) is 28.7 Å². The van der Waals surface area contributed by atoms with Gasteiger partial charge in [-0.05, 0) is 29.3 Å².